The van der Waals surface area contributed by atoms with E-state index in [-0.39, 0.29) is 13.1 Å². The van der Waals surface area contributed by atoms with E-state index in [1.807, 2.05) is 42.2 Å². The van der Waals surface area contributed by atoms with Crippen molar-refractivity contribution in [1.82, 2.24) is 9.80 Å². The van der Waals surface area contributed by atoms with E-state index in [0.717, 1.165) is 12.1 Å². The molecule has 0 aromatic heterocycles. The van der Waals surface area contributed by atoms with E-state index in [9.17, 15) is 10.1 Å². The maximum Gasteiger partial charge on any atom is 0.407 e. The number of hydrogen-bond acceptors (Lipinski definition) is 3. The summed E-state index contributed by atoms with van der Waals surface area (Å²) in [7, 11) is 0. The van der Waals surface area contributed by atoms with Gasteiger partial charge in [-0.15, -0.1) is 0 Å². The largest absolute Gasteiger partial charge is 0.465 e. The predicted octanol–water partition coefficient (Wildman–Crippen LogP) is 1.76. The normalized spacial score (nSPS) is 16.8. The van der Waals surface area contributed by atoms with E-state index in [2.05, 4.69) is 6.07 Å². The molecule has 1 amide bonds. The van der Waals surface area contributed by atoms with E-state index in [4.69, 9.17) is 5.11 Å². The van der Waals surface area contributed by atoms with Gasteiger partial charge in [0.05, 0.1) is 19.2 Å². The first-order valence-electron chi connectivity index (χ1n) is 6.29. The van der Waals surface area contributed by atoms with Gasteiger partial charge in [0.2, 0.25) is 0 Å². The molecule has 1 saturated heterocycles. The first-order chi connectivity index (χ1) is 9.11. The summed E-state index contributed by atoms with van der Waals surface area (Å²) >= 11 is 0. The third-order valence-corrected chi connectivity index (χ3v) is 3.59. The molecule has 0 spiro atoms. The number of nitriles is 1. The summed E-state index contributed by atoms with van der Waals surface area (Å²) in [6.45, 7) is 3.90. The lowest BCUT2D eigenvalue weighted by molar-refractivity contribution is -0.00869. The fraction of sp³-hybridized carbons (Fsp3) is 0.429. The highest BCUT2D eigenvalue weighted by Gasteiger charge is 2.49. The average molecular weight is 259 g/mol. The SMILES string of the molecule is CCN(Cc1ccccc1)C1(C#N)CN(C(=O)O)C1. The van der Waals surface area contributed by atoms with Crippen LogP contribution in [0, 0.1) is 11.3 Å². The summed E-state index contributed by atoms with van der Waals surface area (Å²) in [5.41, 5.74) is 0.455. The van der Waals surface area contributed by atoms with Crippen LogP contribution in [0.25, 0.3) is 0 Å². The van der Waals surface area contributed by atoms with Crippen molar-refractivity contribution < 1.29 is 9.90 Å². The highest BCUT2D eigenvalue weighted by Crippen LogP contribution is 2.28. The molecule has 0 bridgehead atoms. The summed E-state index contributed by atoms with van der Waals surface area (Å²) < 4.78 is 0. The van der Waals surface area contributed by atoms with Gasteiger partial charge in [-0.2, -0.15) is 5.26 Å². The molecule has 1 aliphatic heterocycles. The molecule has 0 saturated carbocycles. The molecular formula is C14H17N3O2. The highest BCUT2D eigenvalue weighted by atomic mass is 16.4. The van der Waals surface area contributed by atoms with E-state index >= 15 is 0 Å². The number of amides is 1. The Morgan fingerprint density at radius 1 is 1.47 bits per heavy atom. The Labute approximate surface area is 112 Å². The summed E-state index contributed by atoms with van der Waals surface area (Å²) in [6.07, 6.45) is -0.957. The van der Waals surface area contributed by atoms with E-state index in [1.54, 1.807) is 0 Å². The van der Waals surface area contributed by atoms with Gasteiger partial charge in [0.1, 0.15) is 5.54 Å². The van der Waals surface area contributed by atoms with E-state index < -0.39 is 11.6 Å². The molecule has 1 N–H and O–H groups in total. The Balaban J connectivity index is 2.09. The molecule has 19 heavy (non-hydrogen) atoms. The number of nitrogens with zero attached hydrogens (tertiary/aromatic N) is 3. The smallest absolute Gasteiger partial charge is 0.407 e. The van der Waals surface area contributed by atoms with Gasteiger partial charge in [-0.05, 0) is 12.1 Å². The molecule has 0 radical (unpaired) electrons. The number of carbonyl (C=O) groups is 1. The fourth-order valence-corrected chi connectivity index (χ4v) is 2.43. The minimum atomic E-state index is -0.957. The van der Waals surface area contributed by atoms with Gasteiger partial charge < -0.3 is 10.0 Å². The van der Waals surface area contributed by atoms with Crippen LogP contribution in [0.2, 0.25) is 0 Å². The van der Waals surface area contributed by atoms with Crippen molar-refractivity contribution in [2.24, 2.45) is 0 Å². The average Bonchev–Trinajstić information content (AvgIpc) is 2.37. The molecule has 1 aliphatic rings. The second-order valence-corrected chi connectivity index (χ2v) is 4.78. The Morgan fingerprint density at radius 3 is 2.58 bits per heavy atom. The molecule has 0 aliphatic carbocycles. The maximum atomic E-state index is 10.9. The van der Waals surface area contributed by atoms with Gasteiger partial charge >= 0.3 is 6.09 Å². The Morgan fingerprint density at radius 2 is 2.11 bits per heavy atom. The summed E-state index contributed by atoms with van der Waals surface area (Å²) in [5.74, 6) is 0. The van der Waals surface area contributed by atoms with Crippen molar-refractivity contribution in [3.63, 3.8) is 0 Å². The fourth-order valence-electron chi connectivity index (χ4n) is 2.43. The molecule has 1 fully saturated rings. The first-order valence-corrected chi connectivity index (χ1v) is 6.29. The van der Waals surface area contributed by atoms with Gasteiger partial charge in [0.15, 0.2) is 0 Å². The van der Waals surface area contributed by atoms with Gasteiger partial charge in [0, 0.05) is 6.54 Å². The molecule has 0 atom stereocenters. The van der Waals surface area contributed by atoms with Crippen molar-refractivity contribution in [2.75, 3.05) is 19.6 Å². The topological polar surface area (TPSA) is 67.6 Å². The van der Waals surface area contributed by atoms with Crippen LogP contribution in [0.15, 0.2) is 30.3 Å². The molecule has 1 aromatic carbocycles. The monoisotopic (exact) mass is 259 g/mol. The van der Waals surface area contributed by atoms with Gasteiger partial charge in [-0.3, -0.25) is 4.90 Å². The third-order valence-electron chi connectivity index (χ3n) is 3.59. The minimum Gasteiger partial charge on any atom is -0.465 e. The molecule has 5 nitrogen and oxygen atoms in total. The number of likely N-dealkylation sites (N-methyl/N-ethyl adjacent to an activating group) is 1. The number of rotatable bonds is 4. The lowest BCUT2D eigenvalue weighted by Crippen LogP contribution is -2.70. The van der Waals surface area contributed by atoms with Crippen LogP contribution < -0.4 is 0 Å². The lowest BCUT2D eigenvalue weighted by atomic mass is 9.89. The molecule has 5 heteroatoms. The van der Waals surface area contributed by atoms with Crippen LogP contribution in [0.1, 0.15) is 12.5 Å². The second kappa shape index (κ2) is 5.29. The van der Waals surface area contributed by atoms with Crippen molar-refractivity contribution in [3.05, 3.63) is 35.9 Å². The third kappa shape index (κ3) is 2.54. The van der Waals surface area contributed by atoms with Crippen LogP contribution in [-0.2, 0) is 6.54 Å². The van der Waals surface area contributed by atoms with Gasteiger partial charge in [-0.25, -0.2) is 4.79 Å². The van der Waals surface area contributed by atoms with E-state index in [1.165, 1.54) is 4.90 Å². The van der Waals surface area contributed by atoms with Gasteiger partial charge in [-0.1, -0.05) is 37.3 Å². The quantitative estimate of drug-likeness (QED) is 0.894. The zero-order valence-corrected chi connectivity index (χ0v) is 10.9. The maximum absolute atomic E-state index is 10.9. The zero-order chi connectivity index (χ0) is 13.9. The summed E-state index contributed by atoms with van der Waals surface area (Å²) in [5, 5.41) is 18.3. The van der Waals surface area contributed by atoms with Crippen LogP contribution in [0.4, 0.5) is 4.79 Å². The highest BCUT2D eigenvalue weighted by molar-refractivity contribution is 5.67. The van der Waals surface area contributed by atoms with Crippen molar-refractivity contribution >= 4 is 6.09 Å². The van der Waals surface area contributed by atoms with E-state index in [0.29, 0.717) is 6.54 Å². The number of hydrogen-bond donors (Lipinski definition) is 1. The van der Waals surface area contributed by atoms with Crippen molar-refractivity contribution in [1.29, 1.82) is 5.26 Å². The zero-order valence-electron chi connectivity index (χ0n) is 10.9. The summed E-state index contributed by atoms with van der Waals surface area (Å²) in [4.78, 5) is 14.2. The Kier molecular flexibility index (Phi) is 3.72. The predicted molar refractivity (Wildman–Crippen MR) is 70.5 cm³/mol. The van der Waals surface area contributed by atoms with Crippen molar-refractivity contribution in [3.8, 4) is 6.07 Å². The second-order valence-electron chi connectivity index (χ2n) is 4.78. The van der Waals surface area contributed by atoms with Crippen LogP contribution in [0.3, 0.4) is 0 Å². The number of likely N-dealkylation sites (tertiary alicyclic amines) is 1. The number of carboxylic acid groups (broad SMARTS) is 1. The molecular weight excluding hydrogens is 242 g/mol. The Hall–Kier alpha value is -2.06. The van der Waals surface area contributed by atoms with Crippen molar-refractivity contribution in [2.45, 2.75) is 19.0 Å². The van der Waals surface area contributed by atoms with Crippen LogP contribution in [-0.4, -0.2) is 46.2 Å². The van der Waals surface area contributed by atoms with Crippen LogP contribution in [0.5, 0.6) is 0 Å². The molecule has 2 rings (SSSR count). The minimum absolute atomic E-state index is 0.263. The molecule has 1 heterocycles. The van der Waals surface area contributed by atoms with Gasteiger partial charge in [0.25, 0.3) is 0 Å². The molecule has 100 valence electrons. The lowest BCUT2D eigenvalue weighted by Gasteiger charge is -2.50. The first kappa shape index (κ1) is 13.4. The molecule has 1 aromatic rings. The molecule has 0 unspecified atom stereocenters. The van der Waals surface area contributed by atoms with Crippen LogP contribution >= 0.6 is 0 Å². The standard InChI is InChI=1S/C14H17N3O2/c1-2-17(8-12-6-4-3-5-7-12)14(9-15)10-16(11-14)13(18)19/h3-7H,2,8,10-11H2,1H3,(H,18,19). The summed E-state index contributed by atoms with van der Waals surface area (Å²) in [6, 6.07) is 12.2. The number of benzene rings is 1. The Bertz CT molecular complexity index is 489.